The van der Waals surface area contributed by atoms with Gasteiger partial charge in [0.15, 0.2) is 5.76 Å². The van der Waals surface area contributed by atoms with Crippen molar-refractivity contribution in [2.24, 2.45) is 0 Å². The van der Waals surface area contributed by atoms with Crippen LogP contribution in [0, 0.1) is 13.8 Å². The first-order chi connectivity index (χ1) is 10.6. The van der Waals surface area contributed by atoms with Gasteiger partial charge in [0, 0.05) is 31.0 Å². The Morgan fingerprint density at radius 2 is 2.41 bits per heavy atom. The number of thiazole rings is 1. The van der Waals surface area contributed by atoms with E-state index < -0.39 is 0 Å². The lowest BCUT2D eigenvalue weighted by molar-refractivity contribution is 0.182. The average Bonchev–Trinajstić information content (AvgIpc) is 3.19. The van der Waals surface area contributed by atoms with Gasteiger partial charge in [-0.05, 0) is 26.7 Å². The highest BCUT2D eigenvalue weighted by Crippen LogP contribution is 2.32. The first-order valence-electron chi connectivity index (χ1n) is 7.52. The van der Waals surface area contributed by atoms with Gasteiger partial charge in [-0.25, -0.2) is 9.78 Å². The van der Waals surface area contributed by atoms with E-state index in [2.05, 4.69) is 15.5 Å². The maximum absolute atomic E-state index is 12.4. The summed E-state index contributed by atoms with van der Waals surface area (Å²) in [5.74, 6) is 0.778. The molecule has 1 fully saturated rings. The Balaban J connectivity index is 1.54. The van der Waals surface area contributed by atoms with E-state index in [0.29, 0.717) is 6.54 Å². The average molecular weight is 320 g/mol. The normalized spacial score (nSPS) is 17.9. The smallest absolute Gasteiger partial charge is 0.318 e. The van der Waals surface area contributed by atoms with E-state index in [1.165, 1.54) is 0 Å². The number of aromatic nitrogens is 2. The predicted molar refractivity (Wildman–Crippen MR) is 83.9 cm³/mol. The first-order valence-corrected chi connectivity index (χ1v) is 8.40. The molecule has 7 heteroatoms. The van der Waals surface area contributed by atoms with Crippen LogP contribution in [0.2, 0.25) is 0 Å². The standard InChI is InChI=1S/C15H20N4O2S/c1-10-8-14(21-18-10)13-4-3-7-19(13)15(20)16-6-5-12-9-22-11(2)17-12/h8-9,13H,3-7H2,1-2H3,(H,16,20)/t13-/m1/s1. The summed E-state index contributed by atoms with van der Waals surface area (Å²) >= 11 is 1.63. The summed E-state index contributed by atoms with van der Waals surface area (Å²) in [5.41, 5.74) is 1.88. The lowest BCUT2D eigenvalue weighted by Gasteiger charge is -2.22. The fraction of sp³-hybridized carbons (Fsp3) is 0.533. The highest BCUT2D eigenvalue weighted by atomic mass is 32.1. The fourth-order valence-electron chi connectivity index (χ4n) is 2.77. The predicted octanol–water partition coefficient (Wildman–Crippen LogP) is 2.84. The highest BCUT2D eigenvalue weighted by Gasteiger charge is 2.32. The summed E-state index contributed by atoms with van der Waals surface area (Å²) in [5, 5.41) is 9.99. The Labute approximate surface area is 133 Å². The molecular formula is C15H20N4O2S. The third-order valence-electron chi connectivity index (χ3n) is 3.81. The zero-order chi connectivity index (χ0) is 15.5. The molecule has 0 aliphatic carbocycles. The van der Waals surface area contributed by atoms with Crippen LogP contribution in [-0.2, 0) is 6.42 Å². The zero-order valence-corrected chi connectivity index (χ0v) is 13.7. The number of nitrogens with zero attached hydrogens (tertiary/aromatic N) is 3. The van der Waals surface area contributed by atoms with Crippen LogP contribution in [0.25, 0.3) is 0 Å². The summed E-state index contributed by atoms with van der Waals surface area (Å²) in [6.45, 7) is 5.23. The summed E-state index contributed by atoms with van der Waals surface area (Å²) in [4.78, 5) is 18.6. The van der Waals surface area contributed by atoms with E-state index >= 15 is 0 Å². The van der Waals surface area contributed by atoms with Gasteiger partial charge in [0.2, 0.25) is 0 Å². The highest BCUT2D eigenvalue weighted by molar-refractivity contribution is 7.09. The second kappa shape index (κ2) is 6.48. The minimum absolute atomic E-state index is 0.00252. The summed E-state index contributed by atoms with van der Waals surface area (Å²) in [6.07, 6.45) is 2.67. The van der Waals surface area contributed by atoms with Crippen LogP contribution < -0.4 is 5.32 Å². The van der Waals surface area contributed by atoms with Gasteiger partial charge in [0.05, 0.1) is 22.4 Å². The Morgan fingerprint density at radius 3 is 3.09 bits per heavy atom. The van der Waals surface area contributed by atoms with Crippen LogP contribution in [-0.4, -0.2) is 34.2 Å². The third-order valence-corrected chi connectivity index (χ3v) is 4.63. The number of aryl methyl sites for hydroxylation is 2. The third kappa shape index (κ3) is 3.30. The summed E-state index contributed by atoms with van der Waals surface area (Å²) in [6, 6.07) is 1.88. The van der Waals surface area contributed by atoms with Crippen LogP contribution in [0.3, 0.4) is 0 Å². The number of rotatable bonds is 4. The summed E-state index contributed by atoms with van der Waals surface area (Å²) in [7, 11) is 0. The van der Waals surface area contributed by atoms with Crippen molar-refractivity contribution in [3.05, 3.63) is 33.6 Å². The van der Waals surface area contributed by atoms with Crippen LogP contribution >= 0.6 is 11.3 Å². The van der Waals surface area contributed by atoms with Crippen molar-refractivity contribution < 1.29 is 9.32 Å². The van der Waals surface area contributed by atoms with Crippen molar-refractivity contribution in [2.75, 3.05) is 13.1 Å². The molecule has 2 aromatic heterocycles. The maximum atomic E-state index is 12.4. The van der Waals surface area contributed by atoms with Gasteiger partial charge < -0.3 is 14.7 Å². The maximum Gasteiger partial charge on any atom is 0.318 e. The number of carbonyl (C=O) groups excluding carboxylic acids is 1. The molecule has 1 atom stereocenters. The van der Waals surface area contributed by atoms with Crippen LogP contribution in [0.15, 0.2) is 16.0 Å². The van der Waals surface area contributed by atoms with Crippen molar-refractivity contribution in [3.8, 4) is 0 Å². The number of amides is 2. The Bertz CT molecular complexity index is 652. The lowest BCUT2D eigenvalue weighted by Crippen LogP contribution is -2.40. The molecule has 2 aromatic rings. The van der Waals surface area contributed by atoms with Crippen LogP contribution in [0.5, 0.6) is 0 Å². The second-order valence-corrected chi connectivity index (χ2v) is 6.62. The van der Waals surface area contributed by atoms with Crippen LogP contribution in [0.4, 0.5) is 4.79 Å². The topological polar surface area (TPSA) is 71.3 Å². The van der Waals surface area contributed by atoms with Crippen molar-refractivity contribution in [2.45, 2.75) is 39.2 Å². The first kappa shape index (κ1) is 15.0. The molecular weight excluding hydrogens is 300 g/mol. The van der Waals surface area contributed by atoms with E-state index in [4.69, 9.17) is 4.52 Å². The monoisotopic (exact) mass is 320 g/mol. The molecule has 22 heavy (non-hydrogen) atoms. The molecule has 1 N–H and O–H groups in total. The molecule has 2 amide bonds. The van der Waals surface area contributed by atoms with Crippen molar-refractivity contribution in [1.82, 2.24) is 20.4 Å². The van der Waals surface area contributed by atoms with Gasteiger partial charge in [-0.15, -0.1) is 11.3 Å². The molecule has 1 aliphatic rings. The quantitative estimate of drug-likeness (QED) is 0.940. The molecule has 0 spiro atoms. The molecule has 0 radical (unpaired) electrons. The minimum atomic E-state index is -0.0384. The number of urea groups is 1. The second-order valence-electron chi connectivity index (χ2n) is 5.56. The van der Waals surface area contributed by atoms with Gasteiger partial charge in [-0.1, -0.05) is 5.16 Å². The Hall–Kier alpha value is -1.89. The van der Waals surface area contributed by atoms with Gasteiger partial charge >= 0.3 is 6.03 Å². The molecule has 3 rings (SSSR count). The number of hydrogen-bond donors (Lipinski definition) is 1. The molecule has 3 heterocycles. The number of nitrogens with one attached hydrogen (secondary N) is 1. The number of hydrogen-bond acceptors (Lipinski definition) is 5. The summed E-state index contributed by atoms with van der Waals surface area (Å²) < 4.78 is 5.32. The SMILES string of the molecule is Cc1cc([C@H]2CCCN2C(=O)NCCc2csc(C)n2)on1. The number of likely N-dealkylation sites (tertiary alicyclic amines) is 1. The Morgan fingerprint density at radius 1 is 1.55 bits per heavy atom. The van der Waals surface area contributed by atoms with E-state index in [1.807, 2.05) is 30.2 Å². The van der Waals surface area contributed by atoms with Gasteiger partial charge in [0.1, 0.15) is 0 Å². The minimum Gasteiger partial charge on any atom is -0.359 e. The lowest BCUT2D eigenvalue weighted by atomic mass is 10.1. The Kier molecular flexibility index (Phi) is 4.42. The molecule has 6 nitrogen and oxygen atoms in total. The van der Waals surface area contributed by atoms with Gasteiger partial charge in [-0.3, -0.25) is 0 Å². The molecule has 0 unspecified atom stereocenters. The fourth-order valence-corrected chi connectivity index (χ4v) is 3.42. The van der Waals surface area contributed by atoms with Crippen molar-refractivity contribution in [1.29, 1.82) is 0 Å². The van der Waals surface area contributed by atoms with Gasteiger partial charge in [0.25, 0.3) is 0 Å². The molecule has 1 aliphatic heterocycles. The molecule has 0 aromatic carbocycles. The van der Waals surface area contributed by atoms with E-state index in [0.717, 1.165) is 48.0 Å². The van der Waals surface area contributed by atoms with E-state index in [-0.39, 0.29) is 12.1 Å². The largest absolute Gasteiger partial charge is 0.359 e. The molecule has 0 bridgehead atoms. The molecule has 1 saturated heterocycles. The van der Waals surface area contributed by atoms with E-state index in [9.17, 15) is 4.79 Å². The van der Waals surface area contributed by atoms with E-state index in [1.54, 1.807) is 11.3 Å². The van der Waals surface area contributed by atoms with Crippen LogP contribution in [0.1, 0.15) is 41.0 Å². The van der Waals surface area contributed by atoms with Crippen molar-refractivity contribution >= 4 is 17.4 Å². The van der Waals surface area contributed by atoms with Crippen molar-refractivity contribution in [3.63, 3.8) is 0 Å². The molecule has 0 saturated carbocycles. The molecule has 118 valence electrons. The number of carbonyl (C=O) groups is 1. The van der Waals surface area contributed by atoms with Gasteiger partial charge in [-0.2, -0.15) is 0 Å². The zero-order valence-electron chi connectivity index (χ0n) is 12.8.